The number of rotatable bonds is 6. The molecule has 0 saturated carbocycles. The van der Waals surface area contributed by atoms with Crippen LogP contribution in [0.1, 0.15) is 24.8 Å². The van der Waals surface area contributed by atoms with Crippen LogP contribution in [0.25, 0.3) is 0 Å². The molecule has 1 amide bonds. The van der Waals surface area contributed by atoms with E-state index in [1.165, 1.54) is 22.5 Å². The van der Waals surface area contributed by atoms with Crippen LogP contribution in [0.3, 0.4) is 0 Å². The number of anilines is 1. The molecule has 3 N–H and O–H groups in total. The van der Waals surface area contributed by atoms with Gasteiger partial charge >= 0.3 is 0 Å². The van der Waals surface area contributed by atoms with Crippen molar-refractivity contribution in [3.63, 3.8) is 0 Å². The Balaban J connectivity index is 1.64. The van der Waals surface area contributed by atoms with Gasteiger partial charge in [-0.3, -0.25) is 4.79 Å². The summed E-state index contributed by atoms with van der Waals surface area (Å²) < 4.78 is 27.0. The van der Waals surface area contributed by atoms with Gasteiger partial charge in [0.1, 0.15) is 0 Å². The maximum Gasteiger partial charge on any atom is 0.243 e. The number of aryl methyl sites for hydroxylation is 1. The molecule has 0 radical (unpaired) electrons. The zero-order valence-corrected chi connectivity index (χ0v) is 17.0. The Morgan fingerprint density at radius 1 is 1.14 bits per heavy atom. The number of nitrogens with one attached hydrogen (secondary N) is 1. The minimum absolute atomic E-state index is 0.0449. The molecule has 1 fully saturated rings. The first kappa shape index (κ1) is 20.8. The molecule has 0 spiro atoms. The molecule has 1 aliphatic rings. The Morgan fingerprint density at radius 2 is 1.82 bits per heavy atom. The molecule has 1 heterocycles. The van der Waals surface area contributed by atoms with Crippen LogP contribution >= 0.6 is 11.6 Å². The third-order valence-electron chi connectivity index (χ3n) is 4.83. The van der Waals surface area contributed by atoms with Crippen molar-refractivity contribution in [2.24, 2.45) is 5.73 Å². The van der Waals surface area contributed by atoms with Gasteiger partial charge in [0.2, 0.25) is 15.9 Å². The molecule has 2 aromatic carbocycles. The van der Waals surface area contributed by atoms with E-state index in [1.54, 1.807) is 0 Å². The Bertz CT molecular complexity index is 927. The smallest absolute Gasteiger partial charge is 0.243 e. The molecule has 1 aliphatic heterocycles. The average Bonchev–Trinajstić information content (AvgIpc) is 2.69. The SMILES string of the molecule is NC1CCN(S(=O)(=O)c2ccc(NC(=O)CCc3ccccc3)c(Cl)c2)CC1. The van der Waals surface area contributed by atoms with E-state index in [0.717, 1.165) is 5.56 Å². The molecular formula is C20H24ClN3O3S. The predicted octanol–water partition coefficient (Wildman–Crippen LogP) is 3.02. The number of hydrogen-bond donors (Lipinski definition) is 2. The number of hydrogen-bond acceptors (Lipinski definition) is 4. The zero-order chi connectivity index (χ0) is 20.1. The van der Waals surface area contributed by atoms with E-state index >= 15 is 0 Å². The summed E-state index contributed by atoms with van der Waals surface area (Å²) in [6.07, 6.45) is 2.22. The van der Waals surface area contributed by atoms with Gasteiger partial charge in [-0.1, -0.05) is 41.9 Å². The van der Waals surface area contributed by atoms with E-state index in [-0.39, 0.29) is 21.9 Å². The van der Waals surface area contributed by atoms with Crippen LogP contribution in [-0.4, -0.2) is 37.8 Å². The fourth-order valence-electron chi connectivity index (χ4n) is 3.14. The number of carbonyl (C=O) groups excluding carboxylic acids is 1. The number of benzene rings is 2. The van der Waals surface area contributed by atoms with Crippen molar-refractivity contribution in [3.8, 4) is 0 Å². The molecule has 8 heteroatoms. The first-order valence-corrected chi connectivity index (χ1v) is 11.1. The number of piperidine rings is 1. The van der Waals surface area contributed by atoms with Crippen molar-refractivity contribution in [2.75, 3.05) is 18.4 Å². The standard InChI is InChI=1S/C20H24ClN3O3S/c21-18-14-17(28(26,27)24-12-10-16(22)11-13-24)7-8-19(18)23-20(25)9-6-15-4-2-1-3-5-15/h1-5,7-8,14,16H,6,9-13,22H2,(H,23,25). The van der Waals surface area contributed by atoms with Gasteiger partial charge in [0.05, 0.1) is 15.6 Å². The van der Waals surface area contributed by atoms with Crippen LogP contribution in [0.4, 0.5) is 5.69 Å². The molecule has 150 valence electrons. The second kappa shape index (κ2) is 9.05. The summed E-state index contributed by atoms with van der Waals surface area (Å²) in [5.41, 5.74) is 7.33. The van der Waals surface area contributed by atoms with E-state index in [4.69, 9.17) is 17.3 Å². The second-order valence-corrected chi connectivity index (χ2v) is 9.26. The van der Waals surface area contributed by atoms with Crippen molar-refractivity contribution >= 4 is 33.2 Å². The molecule has 2 aromatic rings. The van der Waals surface area contributed by atoms with Crippen molar-refractivity contribution in [1.29, 1.82) is 0 Å². The molecule has 0 bridgehead atoms. The van der Waals surface area contributed by atoms with Crippen molar-refractivity contribution in [3.05, 3.63) is 59.1 Å². The van der Waals surface area contributed by atoms with Gasteiger partial charge in [-0.2, -0.15) is 4.31 Å². The molecule has 0 unspecified atom stereocenters. The highest BCUT2D eigenvalue weighted by atomic mass is 35.5. The maximum atomic E-state index is 12.8. The first-order chi connectivity index (χ1) is 13.4. The summed E-state index contributed by atoms with van der Waals surface area (Å²) in [6.45, 7) is 0.804. The Labute approximate surface area is 170 Å². The minimum Gasteiger partial charge on any atom is -0.328 e. The number of amides is 1. The van der Waals surface area contributed by atoms with Gasteiger partial charge in [-0.25, -0.2) is 8.42 Å². The third kappa shape index (κ3) is 5.11. The summed E-state index contributed by atoms with van der Waals surface area (Å²) in [5, 5.41) is 2.95. The van der Waals surface area contributed by atoms with Crippen molar-refractivity contribution in [1.82, 2.24) is 4.31 Å². The number of nitrogens with zero attached hydrogens (tertiary/aromatic N) is 1. The van der Waals surface area contributed by atoms with Crippen molar-refractivity contribution in [2.45, 2.75) is 36.6 Å². The Morgan fingerprint density at radius 3 is 2.46 bits per heavy atom. The van der Waals surface area contributed by atoms with Crippen LogP contribution in [0.5, 0.6) is 0 Å². The van der Waals surface area contributed by atoms with E-state index in [1.807, 2.05) is 30.3 Å². The van der Waals surface area contributed by atoms with Crippen LogP contribution in [0.15, 0.2) is 53.4 Å². The van der Waals surface area contributed by atoms with Gasteiger partial charge < -0.3 is 11.1 Å². The second-order valence-electron chi connectivity index (χ2n) is 6.92. The summed E-state index contributed by atoms with van der Waals surface area (Å²) in [4.78, 5) is 12.3. The van der Waals surface area contributed by atoms with E-state index < -0.39 is 10.0 Å². The summed E-state index contributed by atoms with van der Waals surface area (Å²) in [5.74, 6) is -0.175. The van der Waals surface area contributed by atoms with Gasteiger partial charge in [0.25, 0.3) is 0 Å². The number of sulfonamides is 1. The topological polar surface area (TPSA) is 92.5 Å². The predicted molar refractivity (Wildman–Crippen MR) is 111 cm³/mol. The van der Waals surface area contributed by atoms with Crippen LogP contribution < -0.4 is 11.1 Å². The lowest BCUT2D eigenvalue weighted by atomic mass is 10.1. The molecule has 0 atom stereocenters. The van der Waals surface area contributed by atoms with Crippen molar-refractivity contribution < 1.29 is 13.2 Å². The van der Waals surface area contributed by atoms with E-state index in [2.05, 4.69) is 5.32 Å². The Hall–Kier alpha value is -1.93. The normalized spacial score (nSPS) is 16.1. The van der Waals surface area contributed by atoms with E-state index in [9.17, 15) is 13.2 Å². The monoisotopic (exact) mass is 421 g/mol. The molecule has 6 nitrogen and oxygen atoms in total. The van der Waals surface area contributed by atoms with E-state index in [0.29, 0.717) is 44.5 Å². The molecule has 3 rings (SSSR count). The molecule has 28 heavy (non-hydrogen) atoms. The fraction of sp³-hybridized carbons (Fsp3) is 0.350. The first-order valence-electron chi connectivity index (χ1n) is 9.25. The summed E-state index contributed by atoms with van der Waals surface area (Å²) >= 11 is 6.24. The maximum absolute atomic E-state index is 12.8. The summed E-state index contributed by atoms with van der Waals surface area (Å²) in [7, 11) is -3.62. The molecule has 1 saturated heterocycles. The van der Waals surface area contributed by atoms with Crippen LogP contribution in [-0.2, 0) is 21.2 Å². The molecular weight excluding hydrogens is 398 g/mol. The number of halogens is 1. The highest BCUT2D eigenvalue weighted by molar-refractivity contribution is 7.89. The quantitative estimate of drug-likeness (QED) is 0.749. The number of carbonyl (C=O) groups is 1. The Kier molecular flexibility index (Phi) is 6.72. The lowest BCUT2D eigenvalue weighted by molar-refractivity contribution is -0.116. The summed E-state index contributed by atoms with van der Waals surface area (Å²) in [6, 6.07) is 14.2. The molecule has 0 aromatic heterocycles. The van der Waals surface area contributed by atoms with Crippen LogP contribution in [0, 0.1) is 0 Å². The largest absolute Gasteiger partial charge is 0.328 e. The average molecular weight is 422 g/mol. The van der Waals surface area contributed by atoms with Gasteiger partial charge in [-0.05, 0) is 43.0 Å². The van der Waals surface area contributed by atoms with Crippen LogP contribution in [0.2, 0.25) is 5.02 Å². The lowest BCUT2D eigenvalue weighted by Gasteiger charge is -2.29. The van der Waals surface area contributed by atoms with Gasteiger partial charge in [0, 0.05) is 25.6 Å². The minimum atomic E-state index is -3.62. The third-order valence-corrected chi connectivity index (χ3v) is 7.04. The van der Waals surface area contributed by atoms with Gasteiger partial charge in [-0.15, -0.1) is 0 Å². The lowest BCUT2D eigenvalue weighted by Crippen LogP contribution is -2.42. The van der Waals surface area contributed by atoms with Gasteiger partial charge in [0.15, 0.2) is 0 Å². The zero-order valence-electron chi connectivity index (χ0n) is 15.5. The highest BCUT2D eigenvalue weighted by Crippen LogP contribution is 2.28. The molecule has 0 aliphatic carbocycles. The fourth-order valence-corrected chi connectivity index (χ4v) is 4.93. The number of nitrogens with two attached hydrogens (primary N) is 1. The highest BCUT2D eigenvalue weighted by Gasteiger charge is 2.28.